The molecule has 90 valence electrons. The highest BCUT2D eigenvalue weighted by Gasteiger charge is 2.08. The lowest BCUT2D eigenvalue weighted by Crippen LogP contribution is -2.19. The van der Waals surface area contributed by atoms with Gasteiger partial charge in [-0.25, -0.2) is 0 Å². The molecular formula is C12H18ClNO2. The maximum atomic E-state index is 8.73. The van der Waals surface area contributed by atoms with Gasteiger partial charge in [-0.15, -0.1) is 0 Å². The summed E-state index contributed by atoms with van der Waals surface area (Å²) in [7, 11) is 3.64. The Kier molecular flexibility index (Phi) is 5.43. The zero-order valence-corrected chi connectivity index (χ0v) is 10.5. The van der Waals surface area contributed by atoms with Crippen LogP contribution >= 0.6 is 11.6 Å². The van der Waals surface area contributed by atoms with Crippen molar-refractivity contribution in [3.05, 3.63) is 23.2 Å². The predicted octanol–water partition coefficient (Wildman–Crippen LogP) is 2.56. The molecular weight excluding hydrogens is 226 g/mol. The molecule has 0 aromatic heterocycles. The lowest BCUT2D eigenvalue weighted by atomic mass is 10.2. The van der Waals surface area contributed by atoms with E-state index in [1.54, 1.807) is 7.11 Å². The lowest BCUT2D eigenvalue weighted by Gasteiger charge is -2.21. The Labute approximate surface area is 102 Å². The van der Waals surface area contributed by atoms with E-state index in [1.165, 1.54) is 0 Å². The number of hydrogen-bond acceptors (Lipinski definition) is 3. The summed E-state index contributed by atoms with van der Waals surface area (Å²) < 4.78 is 5.28. The van der Waals surface area contributed by atoms with E-state index in [4.69, 9.17) is 21.4 Å². The zero-order valence-electron chi connectivity index (χ0n) is 9.74. The molecule has 0 radical (unpaired) electrons. The maximum absolute atomic E-state index is 8.73. The van der Waals surface area contributed by atoms with Gasteiger partial charge in [-0.3, -0.25) is 0 Å². The summed E-state index contributed by atoms with van der Waals surface area (Å²) in [5.74, 6) is 0.816. The lowest BCUT2D eigenvalue weighted by molar-refractivity contribution is 0.285. The van der Waals surface area contributed by atoms with Crippen LogP contribution in [0.4, 0.5) is 5.69 Å². The molecule has 0 saturated heterocycles. The van der Waals surface area contributed by atoms with Crippen molar-refractivity contribution in [1.29, 1.82) is 0 Å². The average molecular weight is 244 g/mol. The van der Waals surface area contributed by atoms with Crippen LogP contribution in [-0.2, 0) is 0 Å². The van der Waals surface area contributed by atoms with Gasteiger partial charge in [0.2, 0.25) is 0 Å². The summed E-state index contributed by atoms with van der Waals surface area (Å²) in [5.41, 5.74) is 0.980. The van der Waals surface area contributed by atoms with Crippen LogP contribution in [0.1, 0.15) is 12.8 Å². The molecule has 0 aliphatic rings. The number of hydrogen-bond donors (Lipinski definition) is 1. The van der Waals surface area contributed by atoms with Gasteiger partial charge in [-0.05, 0) is 31.0 Å². The van der Waals surface area contributed by atoms with Gasteiger partial charge in [0.05, 0.1) is 12.8 Å². The molecule has 0 atom stereocenters. The SMILES string of the molecule is COc1ccc(Cl)cc1N(C)CCCCO. The number of rotatable bonds is 6. The van der Waals surface area contributed by atoms with Gasteiger partial charge in [-0.1, -0.05) is 11.6 Å². The van der Waals surface area contributed by atoms with Gasteiger partial charge >= 0.3 is 0 Å². The molecule has 0 fully saturated rings. The largest absolute Gasteiger partial charge is 0.495 e. The molecule has 3 nitrogen and oxygen atoms in total. The van der Waals surface area contributed by atoms with Crippen molar-refractivity contribution in [2.75, 3.05) is 32.2 Å². The number of aliphatic hydroxyl groups excluding tert-OH is 1. The standard InChI is InChI=1S/C12H18ClNO2/c1-14(7-3-4-8-15)11-9-10(13)5-6-12(11)16-2/h5-6,9,15H,3-4,7-8H2,1-2H3. The normalized spacial score (nSPS) is 10.2. The van der Waals surface area contributed by atoms with Crippen LogP contribution in [-0.4, -0.2) is 32.4 Å². The highest BCUT2D eigenvalue weighted by molar-refractivity contribution is 6.30. The fourth-order valence-electron chi connectivity index (χ4n) is 1.54. The van der Waals surface area contributed by atoms with Crippen molar-refractivity contribution < 1.29 is 9.84 Å². The minimum atomic E-state index is 0.237. The molecule has 0 unspecified atom stereocenters. The molecule has 0 aliphatic carbocycles. The molecule has 0 spiro atoms. The summed E-state index contributed by atoms with van der Waals surface area (Å²) in [6, 6.07) is 5.56. The number of nitrogens with zero attached hydrogens (tertiary/aromatic N) is 1. The Hall–Kier alpha value is -0.930. The second-order valence-corrected chi connectivity index (χ2v) is 4.10. The molecule has 1 aromatic carbocycles. The van der Waals surface area contributed by atoms with E-state index in [9.17, 15) is 0 Å². The molecule has 16 heavy (non-hydrogen) atoms. The van der Waals surface area contributed by atoms with Gasteiger partial charge in [0.15, 0.2) is 0 Å². The second kappa shape index (κ2) is 6.61. The molecule has 0 saturated carbocycles. The Bertz CT molecular complexity index is 331. The van der Waals surface area contributed by atoms with Crippen molar-refractivity contribution in [2.45, 2.75) is 12.8 Å². The maximum Gasteiger partial charge on any atom is 0.142 e. The Morgan fingerprint density at radius 3 is 2.75 bits per heavy atom. The van der Waals surface area contributed by atoms with Crippen LogP contribution in [0.5, 0.6) is 5.75 Å². The Balaban J connectivity index is 2.72. The van der Waals surface area contributed by atoms with Gasteiger partial charge in [0.1, 0.15) is 5.75 Å². The summed E-state index contributed by atoms with van der Waals surface area (Å²) in [5, 5.41) is 9.43. The smallest absolute Gasteiger partial charge is 0.142 e. The highest BCUT2D eigenvalue weighted by atomic mass is 35.5. The fraction of sp³-hybridized carbons (Fsp3) is 0.500. The molecule has 0 amide bonds. The van der Waals surface area contributed by atoms with Crippen LogP contribution < -0.4 is 9.64 Å². The van der Waals surface area contributed by atoms with E-state index in [1.807, 2.05) is 25.2 Å². The molecule has 1 N–H and O–H groups in total. The van der Waals surface area contributed by atoms with Crippen molar-refractivity contribution >= 4 is 17.3 Å². The Morgan fingerprint density at radius 2 is 2.12 bits per heavy atom. The number of ether oxygens (including phenoxy) is 1. The zero-order chi connectivity index (χ0) is 12.0. The van der Waals surface area contributed by atoms with Crippen LogP contribution in [0, 0.1) is 0 Å². The number of halogens is 1. The monoisotopic (exact) mass is 243 g/mol. The van der Waals surface area contributed by atoms with Gasteiger partial charge in [0.25, 0.3) is 0 Å². The first kappa shape index (κ1) is 13.1. The quantitative estimate of drug-likeness (QED) is 0.780. The van der Waals surface area contributed by atoms with E-state index in [2.05, 4.69) is 4.90 Å². The summed E-state index contributed by atoms with van der Waals surface area (Å²) >= 11 is 5.96. The highest BCUT2D eigenvalue weighted by Crippen LogP contribution is 2.30. The summed E-state index contributed by atoms with van der Waals surface area (Å²) in [6.45, 7) is 1.11. The van der Waals surface area contributed by atoms with Gasteiger partial charge < -0.3 is 14.7 Å². The van der Waals surface area contributed by atoms with Crippen LogP contribution in [0.15, 0.2) is 18.2 Å². The van der Waals surface area contributed by atoms with E-state index in [0.717, 1.165) is 30.8 Å². The van der Waals surface area contributed by atoms with Crippen molar-refractivity contribution in [2.24, 2.45) is 0 Å². The summed E-state index contributed by atoms with van der Waals surface area (Å²) in [4.78, 5) is 2.08. The average Bonchev–Trinajstić information content (AvgIpc) is 2.29. The Morgan fingerprint density at radius 1 is 1.38 bits per heavy atom. The first-order valence-corrected chi connectivity index (χ1v) is 5.72. The van der Waals surface area contributed by atoms with E-state index in [0.29, 0.717) is 5.02 Å². The first-order valence-electron chi connectivity index (χ1n) is 5.34. The second-order valence-electron chi connectivity index (χ2n) is 3.67. The van der Waals surface area contributed by atoms with E-state index >= 15 is 0 Å². The van der Waals surface area contributed by atoms with Crippen molar-refractivity contribution in [1.82, 2.24) is 0 Å². The van der Waals surface area contributed by atoms with Crippen LogP contribution in [0.25, 0.3) is 0 Å². The number of anilines is 1. The molecule has 1 rings (SSSR count). The number of aliphatic hydroxyl groups is 1. The van der Waals surface area contributed by atoms with Crippen molar-refractivity contribution in [3.8, 4) is 5.75 Å². The number of unbranched alkanes of at least 4 members (excludes halogenated alkanes) is 1. The first-order chi connectivity index (χ1) is 7.69. The van der Waals surface area contributed by atoms with Gasteiger partial charge in [0, 0.05) is 25.2 Å². The van der Waals surface area contributed by atoms with Gasteiger partial charge in [-0.2, -0.15) is 0 Å². The fourth-order valence-corrected chi connectivity index (χ4v) is 1.71. The molecule has 0 heterocycles. The summed E-state index contributed by atoms with van der Waals surface area (Å²) in [6.07, 6.45) is 1.76. The molecule has 0 bridgehead atoms. The molecule has 0 aliphatic heterocycles. The topological polar surface area (TPSA) is 32.7 Å². The molecule has 4 heteroatoms. The van der Waals surface area contributed by atoms with E-state index in [-0.39, 0.29) is 6.61 Å². The third kappa shape index (κ3) is 3.58. The minimum absolute atomic E-state index is 0.237. The van der Waals surface area contributed by atoms with E-state index < -0.39 is 0 Å². The predicted molar refractivity (Wildman–Crippen MR) is 67.6 cm³/mol. The van der Waals surface area contributed by atoms with Crippen LogP contribution in [0.3, 0.4) is 0 Å². The minimum Gasteiger partial charge on any atom is -0.495 e. The number of benzene rings is 1. The molecule has 1 aromatic rings. The van der Waals surface area contributed by atoms with Crippen molar-refractivity contribution in [3.63, 3.8) is 0 Å². The third-order valence-electron chi connectivity index (χ3n) is 2.45. The third-order valence-corrected chi connectivity index (χ3v) is 2.69. The number of methoxy groups -OCH3 is 1. The van der Waals surface area contributed by atoms with Crippen LogP contribution in [0.2, 0.25) is 5.02 Å².